The fraction of sp³-hybridized carbons (Fsp3) is 0.400. The highest BCUT2D eigenvalue weighted by Crippen LogP contribution is 2.10. The Morgan fingerprint density at radius 2 is 2.09 bits per heavy atom. The molecule has 0 saturated heterocycles. The van der Waals surface area contributed by atoms with E-state index in [1.54, 1.807) is 18.0 Å². The van der Waals surface area contributed by atoms with Gasteiger partial charge in [0, 0.05) is 20.7 Å². The van der Waals surface area contributed by atoms with E-state index in [-0.39, 0.29) is 12.1 Å². The number of amides is 2. The second-order valence-electron chi connectivity index (χ2n) is 5.05. The summed E-state index contributed by atoms with van der Waals surface area (Å²) in [5, 5.41) is 13.5. The van der Waals surface area contributed by atoms with Crippen LogP contribution in [-0.2, 0) is 24.9 Å². The van der Waals surface area contributed by atoms with Crippen LogP contribution in [0, 0.1) is 0 Å². The zero-order chi connectivity index (χ0) is 15.9. The van der Waals surface area contributed by atoms with Crippen molar-refractivity contribution in [1.29, 1.82) is 0 Å². The predicted molar refractivity (Wildman–Crippen MR) is 81.9 cm³/mol. The molecule has 1 heterocycles. The lowest BCUT2D eigenvalue weighted by molar-refractivity contribution is 0.184. The molecule has 0 saturated carbocycles. The first-order valence-electron chi connectivity index (χ1n) is 7.05. The molecule has 2 aromatic rings. The van der Waals surface area contributed by atoms with Crippen molar-refractivity contribution in [1.82, 2.24) is 25.4 Å². The standard InChI is InChI=1S/C15H21N5O2/c1-11(14-19-17-10-20(14)2)18-15(21)16-8-12-6-4-5-7-13(12)9-22-3/h4-7,10-11H,8-9H2,1-3H3,(H2,16,18,21)/t11-/m0/s1. The molecule has 118 valence electrons. The Morgan fingerprint density at radius 3 is 2.73 bits per heavy atom. The van der Waals surface area contributed by atoms with Crippen LogP contribution in [0.4, 0.5) is 4.79 Å². The molecule has 22 heavy (non-hydrogen) atoms. The Hall–Kier alpha value is -2.41. The molecule has 2 N–H and O–H groups in total. The van der Waals surface area contributed by atoms with Crippen LogP contribution in [0.5, 0.6) is 0 Å². The molecular weight excluding hydrogens is 282 g/mol. The highest BCUT2D eigenvalue weighted by atomic mass is 16.5. The van der Waals surface area contributed by atoms with Gasteiger partial charge >= 0.3 is 6.03 Å². The summed E-state index contributed by atoms with van der Waals surface area (Å²) in [6.45, 7) is 2.83. The van der Waals surface area contributed by atoms with E-state index >= 15 is 0 Å². The number of hydrogen-bond donors (Lipinski definition) is 2. The summed E-state index contributed by atoms with van der Waals surface area (Å²) in [6, 6.07) is 7.38. The predicted octanol–water partition coefficient (Wildman–Crippen LogP) is 1.52. The van der Waals surface area contributed by atoms with Crippen LogP contribution in [0.3, 0.4) is 0 Å². The zero-order valence-corrected chi connectivity index (χ0v) is 13.0. The van der Waals surface area contributed by atoms with Gasteiger partial charge in [0.05, 0.1) is 12.6 Å². The zero-order valence-electron chi connectivity index (χ0n) is 13.0. The molecular formula is C15H21N5O2. The first-order valence-corrected chi connectivity index (χ1v) is 7.05. The van der Waals surface area contributed by atoms with Crippen LogP contribution >= 0.6 is 0 Å². The lowest BCUT2D eigenvalue weighted by Crippen LogP contribution is -2.37. The van der Waals surface area contributed by atoms with Crippen molar-refractivity contribution in [3.8, 4) is 0 Å². The van der Waals surface area contributed by atoms with E-state index in [2.05, 4.69) is 20.8 Å². The van der Waals surface area contributed by atoms with Crippen LogP contribution in [-0.4, -0.2) is 27.9 Å². The average Bonchev–Trinajstić information content (AvgIpc) is 2.93. The number of nitrogens with zero attached hydrogens (tertiary/aromatic N) is 3. The second kappa shape index (κ2) is 7.56. The van der Waals surface area contributed by atoms with Gasteiger partial charge in [-0.1, -0.05) is 24.3 Å². The van der Waals surface area contributed by atoms with Crippen LogP contribution in [0.2, 0.25) is 0 Å². The molecule has 1 aromatic heterocycles. The smallest absolute Gasteiger partial charge is 0.315 e. The normalized spacial score (nSPS) is 12.0. The Morgan fingerprint density at radius 1 is 1.36 bits per heavy atom. The summed E-state index contributed by atoms with van der Waals surface area (Å²) in [5.41, 5.74) is 2.09. The maximum absolute atomic E-state index is 12.0. The van der Waals surface area contributed by atoms with E-state index in [1.165, 1.54) is 0 Å². The quantitative estimate of drug-likeness (QED) is 0.848. The van der Waals surface area contributed by atoms with E-state index in [0.29, 0.717) is 19.0 Å². The Bertz CT molecular complexity index is 626. The molecule has 2 rings (SSSR count). The molecule has 1 atom stereocenters. The molecule has 0 fully saturated rings. The summed E-state index contributed by atoms with van der Waals surface area (Å²) < 4.78 is 6.93. The number of ether oxygens (including phenoxy) is 1. The van der Waals surface area contributed by atoms with Crippen molar-refractivity contribution in [2.75, 3.05) is 7.11 Å². The number of nitrogens with one attached hydrogen (secondary N) is 2. The lowest BCUT2D eigenvalue weighted by atomic mass is 10.1. The van der Waals surface area contributed by atoms with Gasteiger partial charge in [0.25, 0.3) is 0 Å². The monoisotopic (exact) mass is 303 g/mol. The number of urea groups is 1. The summed E-state index contributed by atoms with van der Waals surface area (Å²) in [7, 11) is 3.49. The number of benzene rings is 1. The van der Waals surface area contributed by atoms with E-state index in [0.717, 1.165) is 11.1 Å². The summed E-state index contributed by atoms with van der Waals surface area (Å²) >= 11 is 0. The largest absolute Gasteiger partial charge is 0.380 e. The second-order valence-corrected chi connectivity index (χ2v) is 5.05. The fourth-order valence-electron chi connectivity index (χ4n) is 2.20. The number of aryl methyl sites for hydroxylation is 1. The molecule has 7 nitrogen and oxygen atoms in total. The van der Waals surface area contributed by atoms with Crippen molar-refractivity contribution in [3.63, 3.8) is 0 Å². The van der Waals surface area contributed by atoms with Gasteiger partial charge < -0.3 is 19.9 Å². The number of carbonyl (C=O) groups is 1. The topological polar surface area (TPSA) is 81.1 Å². The molecule has 0 aliphatic carbocycles. The van der Waals surface area contributed by atoms with E-state index in [4.69, 9.17) is 4.74 Å². The first kappa shape index (κ1) is 16.0. The number of methoxy groups -OCH3 is 1. The van der Waals surface area contributed by atoms with Crippen LogP contribution < -0.4 is 10.6 Å². The van der Waals surface area contributed by atoms with Gasteiger partial charge in [-0.2, -0.15) is 0 Å². The van der Waals surface area contributed by atoms with E-state index in [9.17, 15) is 4.79 Å². The number of aromatic nitrogens is 3. The fourth-order valence-corrected chi connectivity index (χ4v) is 2.20. The molecule has 7 heteroatoms. The molecule has 0 radical (unpaired) electrons. The molecule has 1 aromatic carbocycles. The van der Waals surface area contributed by atoms with Crippen LogP contribution in [0.1, 0.15) is 29.9 Å². The minimum absolute atomic E-state index is 0.221. The Balaban J connectivity index is 1.89. The maximum atomic E-state index is 12.0. The van der Waals surface area contributed by atoms with Crippen molar-refractivity contribution >= 4 is 6.03 Å². The summed E-state index contributed by atoms with van der Waals surface area (Å²) in [5.74, 6) is 0.704. The number of hydrogen-bond acceptors (Lipinski definition) is 4. The minimum atomic E-state index is -0.247. The van der Waals surface area contributed by atoms with Crippen molar-refractivity contribution in [3.05, 3.63) is 47.5 Å². The molecule has 0 aliphatic rings. The van der Waals surface area contributed by atoms with Crippen LogP contribution in [0.15, 0.2) is 30.6 Å². The summed E-state index contributed by atoms with van der Waals surface area (Å²) in [4.78, 5) is 12.0. The average molecular weight is 303 g/mol. The highest BCUT2D eigenvalue weighted by molar-refractivity contribution is 5.74. The molecule has 0 aliphatic heterocycles. The molecule has 2 amide bonds. The summed E-state index contributed by atoms with van der Waals surface area (Å²) in [6.07, 6.45) is 1.60. The number of carbonyl (C=O) groups excluding carboxylic acids is 1. The maximum Gasteiger partial charge on any atom is 0.315 e. The third kappa shape index (κ3) is 4.05. The van der Waals surface area contributed by atoms with Crippen LogP contribution in [0.25, 0.3) is 0 Å². The van der Waals surface area contributed by atoms with Gasteiger partial charge in [-0.15, -0.1) is 10.2 Å². The third-order valence-corrected chi connectivity index (χ3v) is 3.34. The van der Waals surface area contributed by atoms with Gasteiger partial charge in [0.2, 0.25) is 0 Å². The molecule has 0 bridgehead atoms. The van der Waals surface area contributed by atoms with Gasteiger partial charge in [-0.25, -0.2) is 4.79 Å². The van der Waals surface area contributed by atoms with Gasteiger partial charge in [-0.3, -0.25) is 0 Å². The SMILES string of the molecule is COCc1ccccc1CNC(=O)N[C@@H](C)c1nncn1C. The highest BCUT2D eigenvalue weighted by Gasteiger charge is 2.14. The first-order chi connectivity index (χ1) is 10.6. The van der Waals surface area contributed by atoms with Crippen molar-refractivity contribution in [2.45, 2.75) is 26.1 Å². The Kier molecular flexibility index (Phi) is 5.48. The lowest BCUT2D eigenvalue weighted by Gasteiger charge is -2.15. The van der Waals surface area contributed by atoms with Gasteiger partial charge in [0.15, 0.2) is 5.82 Å². The van der Waals surface area contributed by atoms with Gasteiger partial charge in [-0.05, 0) is 18.1 Å². The van der Waals surface area contributed by atoms with Gasteiger partial charge in [0.1, 0.15) is 6.33 Å². The van der Waals surface area contributed by atoms with Crippen molar-refractivity contribution in [2.24, 2.45) is 7.05 Å². The van der Waals surface area contributed by atoms with Crippen molar-refractivity contribution < 1.29 is 9.53 Å². The van der Waals surface area contributed by atoms with E-state index < -0.39 is 0 Å². The third-order valence-electron chi connectivity index (χ3n) is 3.34. The minimum Gasteiger partial charge on any atom is -0.380 e. The molecule has 0 unspecified atom stereocenters. The van der Waals surface area contributed by atoms with E-state index in [1.807, 2.05) is 38.2 Å². The Labute approximate surface area is 129 Å². The number of rotatable bonds is 6. The molecule has 0 spiro atoms.